The van der Waals surface area contributed by atoms with E-state index in [0.717, 1.165) is 5.69 Å². The van der Waals surface area contributed by atoms with Gasteiger partial charge < -0.3 is 14.5 Å². The molecule has 20 heavy (non-hydrogen) atoms. The van der Waals surface area contributed by atoms with Crippen LogP contribution in [0.1, 0.15) is 29.9 Å². The Morgan fingerprint density at radius 3 is 2.55 bits per heavy atom. The Bertz CT molecular complexity index is 716. The molecular formula is C15H17NO4. The number of hydrogen-bond acceptors (Lipinski definition) is 4. The van der Waals surface area contributed by atoms with Gasteiger partial charge in [-0.25, -0.2) is 4.79 Å². The molecule has 0 amide bonds. The van der Waals surface area contributed by atoms with Crippen molar-refractivity contribution in [2.45, 2.75) is 26.9 Å². The number of rotatable bonds is 3. The molecule has 0 saturated carbocycles. The highest BCUT2D eigenvalue weighted by atomic mass is 16.5. The first kappa shape index (κ1) is 14.1. The fraction of sp³-hybridized carbons (Fsp3) is 0.333. The molecule has 5 heteroatoms. The highest BCUT2D eigenvalue weighted by molar-refractivity contribution is 5.97. The Hall–Kier alpha value is -2.30. The number of nitrogens with one attached hydrogen (secondary N) is 1. The molecule has 2 rings (SSSR count). The van der Waals surface area contributed by atoms with E-state index < -0.39 is 5.97 Å². The Balaban J connectivity index is 2.74. The van der Waals surface area contributed by atoms with Crippen LogP contribution in [0.2, 0.25) is 0 Å². The van der Waals surface area contributed by atoms with Crippen molar-refractivity contribution in [3.63, 3.8) is 0 Å². The van der Waals surface area contributed by atoms with Crippen LogP contribution in [-0.4, -0.2) is 24.2 Å². The van der Waals surface area contributed by atoms with Gasteiger partial charge in [0.25, 0.3) is 0 Å². The first-order chi connectivity index (χ1) is 9.42. The molecule has 0 aliphatic heterocycles. The monoisotopic (exact) mass is 275 g/mol. The van der Waals surface area contributed by atoms with Crippen molar-refractivity contribution in [1.29, 1.82) is 0 Å². The molecule has 0 aliphatic carbocycles. The highest BCUT2D eigenvalue weighted by Gasteiger charge is 2.17. The second-order valence-electron chi connectivity index (χ2n) is 4.87. The number of fused-ring (bicyclic) bond motifs is 1. The fourth-order valence-corrected chi connectivity index (χ4v) is 2.03. The summed E-state index contributed by atoms with van der Waals surface area (Å²) in [4.78, 5) is 26.9. The summed E-state index contributed by atoms with van der Waals surface area (Å²) in [5.41, 5.74) is 1.51. The molecule has 0 fully saturated rings. The average molecular weight is 275 g/mol. The van der Waals surface area contributed by atoms with Gasteiger partial charge in [-0.05, 0) is 32.9 Å². The number of aromatic amines is 1. The molecular weight excluding hydrogens is 258 g/mol. The summed E-state index contributed by atoms with van der Waals surface area (Å²) in [6.45, 7) is 5.49. The Kier molecular flexibility index (Phi) is 3.79. The number of H-pyrrole nitrogens is 1. The lowest BCUT2D eigenvalue weighted by atomic mass is 10.1. The first-order valence-corrected chi connectivity index (χ1v) is 6.35. The van der Waals surface area contributed by atoms with Crippen LogP contribution in [0, 0.1) is 6.92 Å². The highest BCUT2D eigenvalue weighted by Crippen LogP contribution is 2.25. The summed E-state index contributed by atoms with van der Waals surface area (Å²) in [5, 5.41) is 0.485. The number of ether oxygens (including phenoxy) is 2. The summed E-state index contributed by atoms with van der Waals surface area (Å²) in [6.07, 6.45) is -0.111. The minimum atomic E-state index is -0.495. The second-order valence-corrected chi connectivity index (χ2v) is 4.87. The van der Waals surface area contributed by atoms with Gasteiger partial charge in [-0.3, -0.25) is 4.79 Å². The molecule has 1 N–H and O–H groups in total. The molecule has 0 saturated heterocycles. The van der Waals surface area contributed by atoms with Gasteiger partial charge >= 0.3 is 5.97 Å². The largest absolute Gasteiger partial charge is 0.490 e. The second kappa shape index (κ2) is 5.36. The molecule has 0 atom stereocenters. The molecule has 0 radical (unpaired) electrons. The Morgan fingerprint density at radius 1 is 1.25 bits per heavy atom. The van der Waals surface area contributed by atoms with Gasteiger partial charge in [0.1, 0.15) is 11.3 Å². The molecule has 1 heterocycles. The summed E-state index contributed by atoms with van der Waals surface area (Å²) >= 11 is 0. The molecule has 106 valence electrons. The van der Waals surface area contributed by atoms with Crippen LogP contribution in [0.4, 0.5) is 0 Å². The number of hydrogen-bond donors (Lipinski definition) is 1. The van der Waals surface area contributed by atoms with Crippen LogP contribution in [-0.2, 0) is 4.74 Å². The fourth-order valence-electron chi connectivity index (χ4n) is 2.03. The summed E-state index contributed by atoms with van der Waals surface area (Å²) in [5.74, 6) is -0.140. The van der Waals surface area contributed by atoms with E-state index in [-0.39, 0.29) is 11.5 Å². The van der Waals surface area contributed by atoms with E-state index in [9.17, 15) is 9.59 Å². The van der Waals surface area contributed by atoms with E-state index in [4.69, 9.17) is 9.47 Å². The molecule has 0 spiro atoms. The average Bonchev–Trinajstić information content (AvgIpc) is 2.37. The third-order valence-electron chi connectivity index (χ3n) is 2.83. The van der Waals surface area contributed by atoms with Gasteiger partial charge in [-0.2, -0.15) is 0 Å². The van der Waals surface area contributed by atoms with Crippen molar-refractivity contribution in [2.75, 3.05) is 7.11 Å². The molecule has 1 aromatic carbocycles. The van der Waals surface area contributed by atoms with Crippen LogP contribution in [0.3, 0.4) is 0 Å². The molecule has 0 unspecified atom stereocenters. The van der Waals surface area contributed by atoms with Crippen molar-refractivity contribution in [3.05, 3.63) is 39.7 Å². The van der Waals surface area contributed by atoms with E-state index in [1.54, 1.807) is 19.1 Å². The van der Waals surface area contributed by atoms with E-state index in [1.807, 2.05) is 13.8 Å². The number of methoxy groups -OCH3 is 1. The zero-order valence-corrected chi connectivity index (χ0v) is 11.9. The Morgan fingerprint density at radius 2 is 1.95 bits per heavy atom. The predicted octanol–water partition coefficient (Wildman–Crippen LogP) is 2.41. The molecule has 5 nitrogen and oxygen atoms in total. The van der Waals surface area contributed by atoms with Gasteiger partial charge in [-0.15, -0.1) is 0 Å². The van der Waals surface area contributed by atoms with Crippen molar-refractivity contribution >= 4 is 16.9 Å². The van der Waals surface area contributed by atoms with E-state index in [2.05, 4.69) is 4.98 Å². The minimum Gasteiger partial charge on any atom is -0.490 e. The third-order valence-corrected chi connectivity index (χ3v) is 2.83. The zero-order chi connectivity index (χ0) is 14.9. The van der Waals surface area contributed by atoms with Crippen LogP contribution in [0.15, 0.2) is 23.0 Å². The summed E-state index contributed by atoms with van der Waals surface area (Å²) in [7, 11) is 1.31. The summed E-state index contributed by atoms with van der Waals surface area (Å²) < 4.78 is 10.4. The number of aryl methyl sites for hydroxylation is 1. The number of carbonyl (C=O) groups excluding carboxylic acids is 1. The topological polar surface area (TPSA) is 68.4 Å². The normalized spacial score (nSPS) is 10.8. The van der Waals surface area contributed by atoms with Gasteiger partial charge in [0.15, 0.2) is 5.43 Å². The Labute approximate surface area is 116 Å². The van der Waals surface area contributed by atoms with Crippen molar-refractivity contribution in [3.8, 4) is 5.75 Å². The van der Waals surface area contributed by atoms with E-state index in [0.29, 0.717) is 22.2 Å². The maximum atomic E-state index is 12.0. The molecule has 1 aromatic heterocycles. The van der Waals surface area contributed by atoms with Crippen LogP contribution in [0.25, 0.3) is 10.9 Å². The standard InChI is InChI=1S/C15H17NO4/c1-8(2)20-14-7-10-12(6-11(14)15(18)19-4)16-9(3)5-13(10)17/h5-8H,1-4H3,(H,16,17). The van der Waals surface area contributed by atoms with Gasteiger partial charge in [0.2, 0.25) is 0 Å². The molecule has 2 aromatic rings. The van der Waals surface area contributed by atoms with Crippen molar-refractivity contribution in [2.24, 2.45) is 0 Å². The number of benzene rings is 1. The smallest absolute Gasteiger partial charge is 0.341 e. The quantitative estimate of drug-likeness (QED) is 0.873. The number of aromatic nitrogens is 1. The van der Waals surface area contributed by atoms with Crippen LogP contribution >= 0.6 is 0 Å². The first-order valence-electron chi connectivity index (χ1n) is 6.35. The SMILES string of the molecule is COC(=O)c1cc2[nH]c(C)cc(=O)c2cc1OC(C)C. The van der Waals surface area contributed by atoms with Crippen LogP contribution < -0.4 is 10.2 Å². The van der Waals surface area contributed by atoms with Gasteiger partial charge in [0, 0.05) is 17.1 Å². The zero-order valence-electron chi connectivity index (χ0n) is 11.9. The lowest BCUT2D eigenvalue weighted by Crippen LogP contribution is -2.13. The van der Waals surface area contributed by atoms with Crippen molar-refractivity contribution < 1.29 is 14.3 Å². The van der Waals surface area contributed by atoms with Crippen molar-refractivity contribution in [1.82, 2.24) is 4.98 Å². The number of esters is 1. The lowest BCUT2D eigenvalue weighted by Gasteiger charge is -2.14. The van der Waals surface area contributed by atoms with E-state index >= 15 is 0 Å². The maximum absolute atomic E-state index is 12.0. The third kappa shape index (κ3) is 2.66. The summed E-state index contributed by atoms with van der Waals surface area (Å²) in [6, 6.07) is 4.69. The molecule has 0 bridgehead atoms. The van der Waals surface area contributed by atoms with Crippen LogP contribution in [0.5, 0.6) is 5.75 Å². The van der Waals surface area contributed by atoms with Gasteiger partial charge in [0.05, 0.1) is 18.7 Å². The number of pyridine rings is 1. The van der Waals surface area contributed by atoms with Gasteiger partial charge in [-0.1, -0.05) is 0 Å². The maximum Gasteiger partial charge on any atom is 0.341 e. The minimum absolute atomic E-state index is 0.110. The number of carbonyl (C=O) groups is 1. The predicted molar refractivity (Wildman–Crippen MR) is 76.4 cm³/mol. The molecule has 0 aliphatic rings. The van der Waals surface area contributed by atoms with E-state index in [1.165, 1.54) is 13.2 Å². The lowest BCUT2D eigenvalue weighted by molar-refractivity contribution is 0.0594.